The van der Waals surface area contributed by atoms with E-state index in [1.165, 1.54) is 10.9 Å². The number of carbonyl (C=O) groups excluding carboxylic acids is 1. The minimum atomic E-state index is 0.116. The Labute approximate surface area is 127 Å². The number of nitrogens with one attached hydrogen (secondary N) is 1. The minimum Gasteiger partial charge on any atom is -0.375 e. The van der Waals surface area contributed by atoms with E-state index in [1.807, 2.05) is 42.8 Å². The summed E-state index contributed by atoms with van der Waals surface area (Å²) in [6, 6.07) is 14.0. The summed E-state index contributed by atoms with van der Waals surface area (Å²) in [5.41, 5.74) is 9.90. The smallest absolute Gasteiger partial charge is 0.177 e. The Hall–Kier alpha value is -2.44. The number of carbonyl (C=O) groups is 1. The number of fused-ring (bicyclic) bond motifs is 3. The molecule has 1 aromatic heterocycles. The summed E-state index contributed by atoms with van der Waals surface area (Å²) >= 11 is 4.24. The quantitative estimate of drug-likeness (QED) is 0.276. The fraction of sp³-hybridized carbons (Fsp3) is 0.0667. The standard InChI is InChI=1S/C14H11NO.CH5N3S/c1-15-13-5-3-2-4-11(13)12-8-10(9-16)6-7-14(12)15;2-1(5)4-3/h2-9H,1H3;3H2,(H3,2,4,5). The van der Waals surface area contributed by atoms with Crippen molar-refractivity contribution >= 4 is 45.4 Å². The van der Waals surface area contributed by atoms with Crippen LogP contribution in [-0.2, 0) is 7.05 Å². The van der Waals surface area contributed by atoms with E-state index in [4.69, 9.17) is 5.73 Å². The van der Waals surface area contributed by atoms with Crippen molar-refractivity contribution in [2.75, 3.05) is 0 Å². The highest BCUT2D eigenvalue weighted by atomic mass is 32.1. The Bertz CT molecular complexity index is 810. The first-order valence-corrected chi connectivity index (χ1v) is 6.67. The van der Waals surface area contributed by atoms with Gasteiger partial charge in [0.15, 0.2) is 5.11 Å². The van der Waals surface area contributed by atoms with E-state index in [0.717, 1.165) is 22.8 Å². The van der Waals surface area contributed by atoms with Crippen LogP contribution in [0.5, 0.6) is 0 Å². The molecule has 1 heterocycles. The number of hydrogen-bond donors (Lipinski definition) is 3. The lowest BCUT2D eigenvalue weighted by atomic mass is 10.1. The summed E-state index contributed by atoms with van der Waals surface area (Å²) in [6.45, 7) is 0. The molecule has 3 aromatic rings. The van der Waals surface area contributed by atoms with Crippen molar-refractivity contribution in [1.29, 1.82) is 0 Å². The van der Waals surface area contributed by atoms with Gasteiger partial charge in [-0.2, -0.15) is 0 Å². The molecule has 0 fully saturated rings. The molecule has 0 spiro atoms. The number of thiocarbonyl (C=S) groups is 1. The van der Waals surface area contributed by atoms with E-state index in [1.54, 1.807) is 0 Å². The molecule has 6 heteroatoms. The highest BCUT2D eigenvalue weighted by Gasteiger charge is 2.07. The van der Waals surface area contributed by atoms with Crippen LogP contribution in [0, 0.1) is 0 Å². The Morgan fingerprint density at radius 1 is 1.19 bits per heavy atom. The van der Waals surface area contributed by atoms with Crippen LogP contribution in [-0.4, -0.2) is 16.0 Å². The van der Waals surface area contributed by atoms with Crippen LogP contribution >= 0.6 is 12.2 Å². The number of aldehydes is 1. The Balaban J connectivity index is 0.000000282. The van der Waals surface area contributed by atoms with Crippen molar-refractivity contribution in [2.45, 2.75) is 0 Å². The lowest BCUT2D eigenvalue weighted by Crippen LogP contribution is -2.34. The first-order valence-electron chi connectivity index (χ1n) is 6.27. The average Bonchev–Trinajstić information content (AvgIpc) is 2.81. The van der Waals surface area contributed by atoms with Gasteiger partial charge in [-0.25, -0.2) is 5.84 Å². The molecule has 0 saturated heterocycles. The molecule has 0 unspecified atom stereocenters. The zero-order valence-corrected chi connectivity index (χ0v) is 12.4. The van der Waals surface area contributed by atoms with Crippen molar-refractivity contribution < 1.29 is 4.79 Å². The van der Waals surface area contributed by atoms with Gasteiger partial charge < -0.3 is 15.7 Å². The van der Waals surface area contributed by atoms with Crippen LogP contribution < -0.4 is 17.0 Å². The van der Waals surface area contributed by atoms with Gasteiger partial charge in [0.05, 0.1) is 0 Å². The zero-order valence-electron chi connectivity index (χ0n) is 11.5. The van der Waals surface area contributed by atoms with Crippen LogP contribution in [0.4, 0.5) is 0 Å². The number of aryl methyl sites for hydroxylation is 1. The largest absolute Gasteiger partial charge is 0.375 e. The van der Waals surface area contributed by atoms with E-state index in [9.17, 15) is 4.79 Å². The third-order valence-corrected chi connectivity index (χ3v) is 3.33. The molecule has 0 radical (unpaired) electrons. The summed E-state index contributed by atoms with van der Waals surface area (Å²) in [5.74, 6) is 4.66. The molecule has 5 nitrogen and oxygen atoms in total. The minimum absolute atomic E-state index is 0.116. The van der Waals surface area contributed by atoms with Crippen LogP contribution in [0.3, 0.4) is 0 Å². The average molecular weight is 300 g/mol. The predicted molar refractivity (Wildman–Crippen MR) is 89.9 cm³/mol. The molecule has 5 N–H and O–H groups in total. The van der Waals surface area contributed by atoms with Gasteiger partial charge in [0.25, 0.3) is 0 Å². The maximum absolute atomic E-state index is 10.8. The lowest BCUT2D eigenvalue weighted by molar-refractivity contribution is 0.112. The maximum Gasteiger partial charge on any atom is 0.177 e. The normalized spacial score (nSPS) is 10.0. The van der Waals surface area contributed by atoms with Gasteiger partial charge >= 0.3 is 0 Å². The number of nitrogens with two attached hydrogens (primary N) is 2. The van der Waals surface area contributed by atoms with Gasteiger partial charge in [0.1, 0.15) is 6.29 Å². The molecule has 0 aliphatic carbocycles. The summed E-state index contributed by atoms with van der Waals surface area (Å²) in [6.07, 6.45) is 0.890. The predicted octanol–water partition coefficient (Wildman–Crippen LogP) is 1.84. The summed E-state index contributed by atoms with van der Waals surface area (Å²) < 4.78 is 2.15. The second-order valence-electron chi connectivity index (χ2n) is 4.48. The Kier molecular flexibility index (Phi) is 4.52. The van der Waals surface area contributed by atoms with Gasteiger partial charge in [0.2, 0.25) is 0 Å². The molecular weight excluding hydrogens is 284 g/mol. The van der Waals surface area contributed by atoms with Crippen molar-refractivity contribution in [3.63, 3.8) is 0 Å². The summed E-state index contributed by atoms with van der Waals surface area (Å²) in [7, 11) is 2.05. The Morgan fingerprint density at radius 2 is 1.81 bits per heavy atom. The second kappa shape index (κ2) is 6.34. The molecular formula is C15H16N4OS. The molecule has 3 rings (SSSR count). The van der Waals surface area contributed by atoms with Crippen molar-refractivity contribution in [3.8, 4) is 0 Å². The number of rotatable bonds is 1. The zero-order chi connectivity index (χ0) is 15.4. The SMILES string of the molecule is Cn1c2ccccc2c2cc(C=O)ccc21.NNC(N)=S. The molecule has 0 saturated carbocycles. The third-order valence-electron chi connectivity index (χ3n) is 3.22. The van der Waals surface area contributed by atoms with Crippen LogP contribution in [0.2, 0.25) is 0 Å². The van der Waals surface area contributed by atoms with E-state index >= 15 is 0 Å². The molecule has 21 heavy (non-hydrogen) atoms. The highest BCUT2D eigenvalue weighted by Crippen LogP contribution is 2.28. The van der Waals surface area contributed by atoms with E-state index in [2.05, 4.69) is 34.8 Å². The molecule has 108 valence electrons. The van der Waals surface area contributed by atoms with Gasteiger partial charge in [0, 0.05) is 34.4 Å². The van der Waals surface area contributed by atoms with E-state index in [0.29, 0.717) is 0 Å². The van der Waals surface area contributed by atoms with Gasteiger partial charge in [-0.1, -0.05) is 18.2 Å². The first kappa shape index (κ1) is 15.0. The van der Waals surface area contributed by atoms with Crippen molar-refractivity contribution in [2.24, 2.45) is 18.6 Å². The van der Waals surface area contributed by atoms with Crippen molar-refractivity contribution in [1.82, 2.24) is 9.99 Å². The molecule has 2 aromatic carbocycles. The summed E-state index contributed by atoms with van der Waals surface area (Å²) in [4.78, 5) is 10.8. The molecule has 0 bridgehead atoms. The Morgan fingerprint density at radius 3 is 2.43 bits per heavy atom. The van der Waals surface area contributed by atoms with E-state index in [-0.39, 0.29) is 5.11 Å². The molecule has 0 aliphatic rings. The monoisotopic (exact) mass is 300 g/mol. The highest BCUT2D eigenvalue weighted by molar-refractivity contribution is 7.80. The number of hydrogen-bond acceptors (Lipinski definition) is 3. The lowest BCUT2D eigenvalue weighted by Gasteiger charge is -1.96. The third kappa shape index (κ3) is 3.01. The number of nitrogens with zero attached hydrogens (tertiary/aromatic N) is 1. The van der Waals surface area contributed by atoms with Crippen molar-refractivity contribution in [3.05, 3.63) is 48.0 Å². The van der Waals surface area contributed by atoms with Crippen LogP contribution in [0.1, 0.15) is 10.4 Å². The van der Waals surface area contributed by atoms with Crippen LogP contribution in [0.15, 0.2) is 42.5 Å². The fourth-order valence-corrected chi connectivity index (χ4v) is 2.26. The van der Waals surface area contributed by atoms with Gasteiger partial charge in [-0.05, 0) is 36.5 Å². The fourth-order valence-electron chi connectivity index (χ4n) is 2.26. The second-order valence-corrected chi connectivity index (χ2v) is 4.92. The van der Waals surface area contributed by atoms with Crippen LogP contribution in [0.25, 0.3) is 21.8 Å². The molecule has 0 aliphatic heterocycles. The van der Waals surface area contributed by atoms with E-state index < -0.39 is 0 Å². The number of aromatic nitrogens is 1. The number of hydrazine groups is 1. The number of benzene rings is 2. The molecule has 0 atom stereocenters. The number of para-hydroxylation sites is 1. The van der Waals surface area contributed by atoms with Gasteiger partial charge in [-0.3, -0.25) is 4.79 Å². The van der Waals surface area contributed by atoms with Gasteiger partial charge in [-0.15, -0.1) is 0 Å². The summed E-state index contributed by atoms with van der Waals surface area (Å²) in [5, 5.41) is 2.46. The first-order chi connectivity index (χ1) is 10.1. The molecule has 0 amide bonds. The maximum atomic E-state index is 10.8. The topological polar surface area (TPSA) is 86.1 Å².